The highest BCUT2D eigenvalue weighted by atomic mass is 16.5. The lowest BCUT2D eigenvalue weighted by Gasteiger charge is -2.32. The second-order valence-corrected chi connectivity index (χ2v) is 5.07. The maximum Gasteiger partial charge on any atom is 0.157 e. The van der Waals surface area contributed by atoms with Gasteiger partial charge in [-0.15, -0.1) is 0 Å². The van der Waals surface area contributed by atoms with Crippen LogP contribution in [0.15, 0.2) is 6.33 Å². The number of ether oxygens (including phenoxy) is 1. The third-order valence-corrected chi connectivity index (χ3v) is 3.42. The average molecular weight is 265 g/mol. The number of nitrogens with zero attached hydrogens (tertiary/aromatic N) is 3. The zero-order valence-corrected chi connectivity index (χ0v) is 11.7. The summed E-state index contributed by atoms with van der Waals surface area (Å²) >= 11 is 0. The zero-order valence-electron chi connectivity index (χ0n) is 11.7. The predicted molar refractivity (Wildman–Crippen MR) is 77.4 cm³/mol. The van der Waals surface area contributed by atoms with Crippen LogP contribution in [-0.4, -0.2) is 43.3 Å². The molecule has 1 saturated heterocycles. The van der Waals surface area contributed by atoms with Gasteiger partial charge in [0, 0.05) is 26.7 Å². The van der Waals surface area contributed by atoms with Crippen molar-refractivity contribution in [2.75, 3.05) is 49.3 Å². The third-order valence-electron chi connectivity index (χ3n) is 3.42. The van der Waals surface area contributed by atoms with Crippen molar-refractivity contribution in [1.29, 1.82) is 0 Å². The van der Waals surface area contributed by atoms with Crippen LogP contribution in [0.1, 0.15) is 19.8 Å². The minimum Gasteiger partial charge on any atom is -0.393 e. The Balaban J connectivity index is 2.10. The molecule has 0 aliphatic carbocycles. The predicted octanol–water partition coefficient (Wildman–Crippen LogP) is 1.35. The molecule has 1 unspecified atom stereocenters. The lowest BCUT2D eigenvalue weighted by atomic mass is 10.0. The van der Waals surface area contributed by atoms with E-state index >= 15 is 0 Å². The normalized spacial score (nSPS) is 19.5. The molecule has 0 bridgehead atoms. The quantitative estimate of drug-likeness (QED) is 0.783. The summed E-state index contributed by atoms with van der Waals surface area (Å²) in [5, 5.41) is 3.18. The van der Waals surface area contributed by atoms with Gasteiger partial charge in [0.2, 0.25) is 0 Å². The Morgan fingerprint density at radius 1 is 1.53 bits per heavy atom. The molecular weight excluding hydrogens is 242 g/mol. The first-order valence-electron chi connectivity index (χ1n) is 6.80. The summed E-state index contributed by atoms with van der Waals surface area (Å²) in [7, 11) is 1.67. The van der Waals surface area contributed by atoms with Crippen molar-refractivity contribution in [1.82, 2.24) is 9.97 Å². The highest BCUT2D eigenvalue weighted by Crippen LogP contribution is 2.29. The molecule has 1 atom stereocenters. The standard InChI is InChI=1S/C13H23N5O/c1-10-4-3-6-18(8-10)13-11(14)12(16-9-17-13)15-5-7-19-2/h9-10H,3-8,14H2,1-2H3,(H,15,16,17). The van der Waals surface area contributed by atoms with E-state index in [1.165, 1.54) is 12.8 Å². The third kappa shape index (κ3) is 3.47. The van der Waals surface area contributed by atoms with E-state index in [2.05, 4.69) is 27.1 Å². The number of hydrogen-bond acceptors (Lipinski definition) is 6. The number of nitrogens with two attached hydrogens (primary N) is 1. The lowest BCUT2D eigenvalue weighted by Crippen LogP contribution is -2.35. The van der Waals surface area contributed by atoms with E-state index in [4.69, 9.17) is 10.5 Å². The van der Waals surface area contributed by atoms with Gasteiger partial charge in [0.1, 0.15) is 12.0 Å². The highest BCUT2D eigenvalue weighted by Gasteiger charge is 2.20. The molecule has 2 heterocycles. The monoisotopic (exact) mass is 265 g/mol. The second-order valence-electron chi connectivity index (χ2n) is 5.07. The van der Waals surface area contributed by atoms with Gasteiger partial charge in [-0.05, 0) is 18.8 Å². The van der Waals surface area contributed by atoms with Crippen molar-refractivity contribution in [3.05, 3.63) is 6.33 Å². The molecule has 6 nitrogen and oxygen atoms in total. The van der Waals surface area contributed by atoms with Crippen molar-refractivity contribution < 1.29 is 4.74 Å². The molecule has 3 N–H and O–H groups in total. The minimum atomic E-state index is 0.625. The van der Waals surface area contributed by atoms with Crippen LogP contribution in [0.25, 0.3) is 0 Å². The Kier molecular flexibility index (Phi) is 4.79. The van der Waals surface area contributed by atoms with E-state index < -0.39 is 0 Å². The highest BCUT2D eigenvalue weighted by molar-refractivity contribution is 5.74. The summed E-state index contributed by atoms with van der Waals surface area (Å²) in [4.78, 5) is 10.8. The molecule has 1 aliphatic rings. The summed E-state index contributed by atoms with van der Waals surface area (Å²) in [6, 6.07) is 0. The molecule has 0 amide bonds. The summed E-state index contributed by atoms with van der Waals surface area (Å²) in [5.41, 5.74) is 6.80. The molecule has 1 aromatic rings. The van der Waals surface area contributed by atoms with Crippen molar-refractivity contribution in [2.24, 2.45) is 5.92 Å². The summed E-state index contributed by atoms with van der Waals surface area (Å²) < 4.78 is 5.01. The molecule has 0 saturated carbocycles. The number of nitrogen functional groups attached to an aromatic ring is 1. The topological polar surface area (TPSA) is 76.3 Å². The fraction of sp³-hybridized carbons (Fsp3) is 0.692. The van der Waals surface area contributed by atoms with Gasteiger partial charge in [-0.25, -0.2) is 9.97 Å². The molecule has 2 rings (SSSR count). The van der Waals surface area contributed by atoms with Gasteiger partial charge >= 0.3 is 0 Å². The molecule has 0 aromatic carbocycles. The summed E-state index contributed by atoms with van der Waals surface area (Å²) in [6.07, 6.45) is 4.04. The van der Waals surface area contributed by atoms with Crippen LogP contribution >= 0.6 is 0 Å². The molecule has 1 aliphatic heterocycles. The molecule has 1 fully saturated rings. The maximum absolute atomic E-state index is 6.17. The summed E-state index contributed by atoms with van der Waals surface area (Å²) in [6.45, 7) is 5.61. The lowest BCUT2D eigenvalue weighted by molar-refractivity contribution is 0.210. The number of nitrogens with one attached hydrogen (secondary N) is 1. The Hall–Kier alpha value is -1.56. The Labute approximate surface area is 114 Å². The van der Waals surface area contributed by atoms with Gasteiger partial charge in [-0.3, -0.25) is 0 Å². The average Bonchev–Trinajstić information content (AvgIpc) is 2.41. The first kappa shape index (κ1) is 13.9. The fourth-order valence-corrected chi connectivity index (χ4v) is 2.43. The van der Waals surface area contributed by atoms with E-state index in [0.717, 1.165) is 18.9 Å². The number of aromatic nitrogens is 2. The van der Waals surface area contributed by atoms with E-state index in [1.54, 1.807) is 13.4 Å². The van der Waals surface area contributed by atoms with E-state index in [1.807, 2.05) is 0 Å². The first-order chi connectivity index (χ1) is 9.22. The smallest absolute Gasteiger partial charge is 0.157 e. The van der Waals surface area contributed by atoms with Crippen molar-refractivity contribution >= 4 is 17.3 Å². The zero-order chi connectivity index (χ0) is 13.7. The fourth-order valence-electron chi connectivity index (χ4n) is 2.43. The van der Waals surface area contributed by atoms with Gasteiger partial charge in [-0.1, -0.05) is 6.92 Å². The molecule has 1 aromatic heterocycles. The van der Waals surface area contributed by atoms with Crippen molar-refractivity contribution in [3.63, 3.8) is 0 Å². The maximum atomic E-state index is 6.17. The van der Waals surface area contributed by atoms with Crippen LogP contribution < -0.4 is 16.0 Å². The van der Waals surface area contributed by atoms with Gasteiger partial charge in [0.25, 0.3) is 0 Å². The Bertz CT molecular complexity index is 412. The van der Waals surface area contributed by atoms with Crippen LogP contribution in [-0.2, 0) is 4.74 Å². The second kappa shape index (κ2) is 6.56. The van der Waals surface area contributed by atoms with Gasteiger partial charge < -0.3 is 20.7 Å². The molecule has 6 heteroatoms. The van der Waals surface area contributed by atoms with E-state index in [0.29, 0.717) is 30.6 Å². The molecular formula is C13H23N5O. The summed E-state index contributed by atoms with van der Waals surface area (Å²) in [5.74, 6) is 2.23. The Morgan fingerprint density at radius 2 is 2.37 bits per heavy atom. The van der Waals surface area contributed by atoms with Crippen LogP contribution in [0.2, 0.25) is 0 Å². The molecule has 106 valence electrons. The van der Waals surface area contributed by atoms with Crippen molar-refractivity contribution in [3.8, 4) is 0 Å². The molecule has 19 heavy (non-hydrogen) atoms. The number of anilines is 3. The van der Waals surface area contributed by atoms with Gasteiger partial charge in [0.15, 0.2) is 11.6 Å². The van der Waals surface area contributed by atoms with Gasteiger partial charge in [-0.2, -0.15) is 0 Å². The first-order valence-corrected chi connectivity index (χ1v) is 6.80. The van der Waals surface area contributed by atoms with E-state index in [-0.39, 0.29) is 0 Å². The molecule has 0 spiro atoms. The number of methoxy groups -OCH3 is 1. The van der Waals surface area contributed by atoms with Crippen LogP contribution in [0.3, 0.4) is 0 Å². The number of piperidine rings is 1. The van der Waals surface area contributed by atoms with Crippen LogP contribution in [0.5, 0.6) is 0 Å². The minimum absolute atomic E-state index is 0.625. The SMILES string of the molecule is COCCNc1ncnc(N2CCCC(C)C2)c1N. The van der Waals surface area contributed by atoms with Crippen molar-refractivity contribution in [2.45, 2.75) is 19.8 Å². The van der Waals surface area contributed by atoms with Gasteiger partial charge in [0.05, 0.1) is 6.61 Å². The number of rotatable bonds is 5. The molecule has 0 radical (unpaired) electrons. The number of hydrogen-bond donors (Lipinski definition) is 2. The van der Waals surface area contributed by atoms with Crippen LogP contribution in [0.4, 0.5) is 17.3 Å². The largest absolute Gasteiger partial charge is 0.393 e. The Morgan fingerprint density at radius 3 is 3.11 bits per heavy atom. The van der Waals surface area contributed by atoms with Crippen LogP contribution in [0, 0.1) is 5.92 Å². The van der Waals surface area contributed by atoms with E-state index in [9.17, 15) is 0 Å².